The average molecular weight is 298 g/mol. The average Bonchev–Trinajstić information content (AvgIpc) is 2.62. The van der Waals surface area contributed by atoms with E-state index in [1.165, 1.54) is 0 Å². The molecule has 0 amide bonds. The Hall–Kier alpha value is -1.73. The molecule has 1 aromatic carbocycles. The SMILES string of the molecule is O=C1c2c(C(F)(F)F)ccc(OCC(F)F)c2CC1F. The number of carbonyl (C=O) groups excluding carboxylic acids is 1. The van der Waals surface area contributed by atoms with Crippen LogP contribution in [0.3, 0.4) is 0 Å². The smallest absolute Gasteiger partial charge is 0.417 e. The van der Waals surface area contributed by atoms with Gasteiger partial charge in [-0.1, -0.05) is 0 Å². The zero-order valence-corrected chi connectivity index (χ0v) is 9.81. The third-order valence-corrected chi connectivity index (χ3v) is 2.85. The minimum absolute atomic E-state index is 0.307. The Morgan fingerprint density at radius 2 is 1.95 bits per heavy atom. The summed E-state index contributed by atoms with van der Waals surface area (Å²) in [5, 5.41) is 0. The lowest BCUT2D eigenvalue weighted by molar-refractivity contribution is -0.137. The van der Waals surface area contributed by atoms with Crippen LogP contribution in [0.2, 0.25) is 0 Å². The van der Waals surface area contributed by atoms with Crippen LogP contribution in [0.1, 0.15) is 21.5 Å². The number of ether oxygens (including phenoxy) is 1. The Bertz CT molecular complexity index is 537. The van der Waals surface area contributed by atoms with Gasteiger partial charge in [-0.05, 0) is 12.1 Å². The third-order valence-electron chi connectivity index (χ3n) is 2.85. The van der Waals surface area contributed by atoms with Crippen molar-refractivity contribution in [3.05, 3.63) is 28.8 Å². The lowest BCUT2D eigenvalue weighted by atomic mass is 10.0. The molecule has 2 rings (SSSR count). The maximum atomic E-state index is 13.3. The van der Waals surface area contributed by atoms with Crippen LogP contribution in [0.4, 0.5) is 26.3 Å². The maximum Gasteiger partial charge on any atom is 0.417 e. The number of carbonyl (C=O) groups is 1. The summed E-state index contributed by atoms with van der Waals surface area (Å²) in [6.07, 6.45) is -10.4. The van der Waals surface area contributed by atoms with Crippen LogP contribution in [0.25, 0.3) is 0 Å². The van der Waals surface area contributed by atoms with Gasteiger partial charge in [0.05, 0.1) is 5.56 Å². The molecular formula is C12H8F6O2. The first kappa shape index (κ1) is 14.7. The normalized spacial score (nSPS) is 18.6. The van der Waals surface area contributed by atoms with Crippen molar-refractivity contribution in [2.45, 2.75) is 25.2 Å². The van der Waals surface area contributed by atoms with Crippen molar-refractivity contribution in [2.75, 3.05) is 6.61 Å². The number of hydrogen-bond acceptors (Lipinski definition) is 2. The number of benzene rings is 1. The number of ketones is 1. The monoisotopic (exact) mass is 298 g/mol. The number of hydrogen-bond donors (Lipinski definition) is 0. The van der Waals surface area contributed by atoms with E-state index in [0.29, 0.717) is 6.07 Å². The summed E-state index contributed by atoms with van der Waals surface area (Å²) >= 11 is 0. The van der Waals surface area contributed by atoms with E-state index in [0.717, 1.165) is 6.07 Å². The van der Waals surface area contributed by atoms with Crippen LogP contribution >= 0.6 is 0 Å². The minimum Gasteiger partial charge on any atom is -0.487 e. The Kier molecular flexibility index (Phi) is 3.66. The van der Waals surface area contributed by atoms with Crippen LogP contribution in [-0.4, -0.2) is 25.0 Å². The van der Waals surface area contributed by atoms with Gasteiger partial charge in [0.15, 0.2) is 12.0 Å². The Labute approximate surface area is 109 Å². The van der Waals surface area contributed by atoms with Gasteiger partial charge in [-0.2, -0.15) is 13.2 Å². The van der Waals surface area contributed by atoms with Crippen molar-refractivity contribution in [3.63, 3.8) is 0 Å². The fraction of sp³-hybridized carbons (Fsp3) is 0.417. The summed E-state index contributed by atoms with van der Waals surface area (Å²) in [4.78, 5) is 11.5. The molecule has 1 atom stereocenters. The number of alkyl halides is 6. The van der Waals surface area contributed by atoms with E-state index in [1.807, 2.05) is 0 Å². The molecule has 0 radical (unpaired) electrons. The molecule has 20 heavy (non-hydrogen) atoms. The topological polar surface area (TPSA) is 26.3 Å². The number of Topliss-reactive ketones (excluding diaryl/α,β-unsaturated/α-hetero) is 1. The molecule has 110 valence electrons. The highest BCUT2D eigenvalue weighted by atomic mass is 19.4. The van der Waals surface area contributed by atoms with Crippen molar-refractivity contribution < 1.29 is 35.9 Å². The standard InChI is InChI=1S/C12H8F6O2/c13-7-3-5-8(20-4-9(14)15)2-1-6(12(16,17)18)10(5)11(7)19/h1-2,7,9H,3-4H2. The highest BCUT2D eigenvalue weighted by molar-refractivity contribution is 6.06. The zero-order valence-electron chi connectivity index (χ0n) is 9.81. The van der Waals surface area contributed by atoms with Gasteiger partial charge in [-0.15, -0.1) is 0 Å². The van der Waals surface area contributed by atoms with Gasteiger partial charge >= 0.3 is 6.18 Å². The fourth-order valence-electron chi connectivity index (χ4n) is 2.07. The van der Waals surface area contributed by atoms with Crippen LogP contribution in [0.15, 0.2) is 12.1 Å². The molecular weight excluding hydrogens is 290 g/mol. The van der Waals surface area contributed by atoms with Gasteiger partial charge in [0.1, 0.15) is 12.4 Å². The number of halogens is 6. The molecule has 0 saturated heterocycles. The first-order valence-corrected chi connectivity index (χ1v) is 5.54. The van der Waals surface area contributed by atoms with Crippen LogP contribution in [-0.2, 0) is 12.6 Å². The van der Waals surface area contributed by atoms with Crippen molar-refractivity contribution in [1.29, 1.82) is 0 Å². The summed E-state index contributed by atoms with van der Waals surface area (Å²) < 4.78 is 80.3. The van der Waals surface area contributed by atoms with Gasteiger partial charge in [0.2, 0.25) is 0 Å². The molecule has 0 spiro atoms. The summed E-state index contributed by atoms with van der Waals surface area (Å²) in [6, 6.07) is 1.37. The van der Waals surface area contributed by atoms with E-state index in [1.54, 1.807) is 0 Å². The summed E-state index contributed by atoms with van der Waals surface area (Å²) in [5.74, 6) is -1.61. The molecule has 2 nitrogen and oxygen atoms in total. The summed E-state index contributed by atoms with van der Waals surface area (Å²) in [5.41, 5.74) is -2.41. The molecule has 0 aromatic heterocycles. The number of fused-ring (bicyclic) bond motifs is 1. The molecule has 0 heterocycles. The van der Waals surface area contributed by atoms with Gasteiger partial charge < -0.3 is 4.74 Å². The van der Waals surface area contributed by atoms with Crippen molar-refractivity contribution in [3.8, 4) is 5.75 Å². The fourth-order valence-corrected chi connectivity index (χ4v) is 2.07. The molecule has 0 fully saturated rings. The molecule has 0 aliphatic heterocycles. The Morgan fingerprint density at radius 1 is 1.30 bits per heavy atom. The molecule has 1 aliphatic rings. The summed E-state index contributed by atoms with van der Waals surface area (Å²) in [6.45, 7) is -1.04. The van der Waals surface area contributed by atoms with Gasteiger partial charge in [-0.3, -0.25) is 4.79 Å². The van der Waals surface area contributed by atoms with Crippen molar-refractivity contribution in [1.82, 2.24) is 0 Å². The largest absolute Gasteiger partial charge is 0.487 e. The predicted molar refractivity (Wildman–Crippen MR) is 55.9 cm³/mol. The highest BCUT2D eigenvalue weighted by Gasteiger charge is 2.43. The van der Waals surface area contributed by atoms with E-state index in [-0.39, 0.29) is 11.3 Å². The van der Waals surface area contributed by atoms with Crippen LogP contribution in [0, 0.1) is 0 Å². The molecule has 1 aromatic rings. The van der Waals surface area contributed by atoms with Crippen LogP contribution in [0.5, 0.6) is 5.75 Å². The molecule has 1 aliphatic carbocycles. The molecule has 1 unspecified atom stereocenters. The first-order valence-electron chi connectivity index (χ1n) is 5.54. The molecule has 0 bridgehead atoms. The quantitative estimate of drug-likeness (QED) is 0.799. The maximum absolute atomic E-state index is 13.3. The highest BCUT2D eigenvalue weighted by Crippen LogP contribution is 2.41. The molecule has 0 saturated carbocycles. The van der Waals surface area contributed by atoms with Gasteiger partial charge in [-0.25, -0.2) is 13.2 Å². The van der Waals surface area contributed by atoms with Crippen molar-refractivity contribution >= 4 is 5.78 Å². The second kappa shape index (κ2) is 4.99. The van der Waals surface area contributed by atoms with Crippen molar-refractivity contribution in [2.24, 2.45) is 0 Å². The van der Waals surface area contributed by atoms with E-state index < -0.39 is 48.7 Å². The Balaban J connectivity index is 2.48. The van der Waals surface area contributed by atoms with Crippen LogP contribution < -0.4 is 4.74 Å². The van der Waals surface area contributed by atoms with E-state index >= 15 is 0 Å². The molecule has 0 N–H and O–H groups in total. The third kappa shape index (κ3) is 2.59. The second-order valence-electron chi connectivity index (χ2n) is 4.20. The predicted octanol–water partition coefficient (Wildman–Crippen LogP) is 3.43. The lowest BCUT2D eigenvalue weighted by Gasteiger charge is -2.14. The first-order chi connectivity index (χ1) is 9.21. The van der Waals surface area contributed by atoms with Gasteiger partial charge in [0.25, 0.3) is 6.43 Å². The summed E-state index contributed by atoms with van der Waals surface area (Å²) in [7, 11) is 0. The second-order valence-corrected chi connectivity index (χ2v) is 4.20. The van der Waals surface area contributed by atoms with E-state index in [4.69, 9.17) is 0 Å². The zero-order chi connectivity index (χ0) is 15.1. The Morgan fingerprint density at radius 3 is 2.50 bits per heavy atom. The van der Waals surface area contributed by atoms with Gasteiger partial charge in [0, 0.05) is 17.5 Å². The van der Waals surface area contributed by atoms with E-state index in [2.05, 4.69) is 4.74 Å². The molecule has 8 heteroatoms. The van der Waals surface area contributed by atoms with E-state index in [9.17, 15) is 31.1 Å². The minimum atomic E-state index is -4.83. The lowest BCUT2D eigenvalue weighted by Crippen LogP contribution is -2.15. The number of rotatable bonds is 3.